The number of hydrogen-bond donors (Lipinski definition) is 1. The van der Waals surface area contributed by atoms with E-state index >= 15 is 0 Å². The van der Waals surface area contributed by atoms with Gasteiger partial charge >= 0.3 is 0 Å². The average molecular weight is 293 g/mol. The number of hydrogen-bond acceptors (Lipinski definition) is 1. The van der Waals surface area contributed by atoms with E-state index in [0.717, 1.165) is 5.75 Å². The fraction of sp³-hybridized carbons (Fsp3) is 0.400. The summed E-state index contributed by atoms with van der Waals surface area (Å²) in [5.74, 6) is 1.49. The van der Waals surface area contributed by atoms with Gasteiger partial charge in [-0.05, 0) is 67.3 Å². The van der Waals surface area contributed by atoms with E-state index in [1.165, 1.54) is 53.9 Å². The van der Waals surface area contributed by atoms with Gasteiger partial charge in [-0.15, -0.1) is 0 Å². The molecule has 2 aliphatic rings. The van der Waals surface area contributed by atoms with Crippen LogP contribution < -0.4 is 15.4 Å². The van der Waals surface area contributed by atoms with Crippen molar-refractivity contribution in [1.82, 2.24) is 4.98 Å². The highest BCUT2D eigenvalue weighted by Gasteiger charge is 2.20. The number of methoxy groups -OCH3 is 1. The molecule has 1 N–H and O–H groups in total. The Balaban J connectivity index is 1.76. The molecule has 2 aromatic rings. The first-order chi connectivity index (χ1) is 10.8. The van der Waals surface area contributed by atoms with Crippen LogP contribution in [0.2, 0.25) is 0 Å². The van der Waals surface area contributed by atoms with Gasteiger partial charge in [0.25, 0.3) is 0 Å². The van der Waals surface area contributed by atoms with E-state index in [9.17, 15) is 0 Å². The Bertz CT molecular complexity index is 828. The van der Waals surface area contributed by atoms with Crippen LogP contribution in [0, 0.1) is 6.92 Å². The Morgan fingerprint density at radius 1 is 1.14 bits per heavy atom. The highest BCUT2D eigenvalue weighted by molar-refractivity contribution is 5.49. The summed E-state index contributed by atoms with van der Waals surface area (Å²) >= 11 is 0. The number of fused-ring (bicyclic) bond motifs is 3. The normalized spacial score (nSPS) is 19.6. The molecule has 2 heteroatoms. The second-order valence-electron chi connectivity index (χ2n) is 6.55. The molecule has 22 heavy (non-hydrogen) atoms. The molecule has 0 saturated heterocycles. The standard InChI is InChI=1S/C20H23NO/c1-13-11-14(8-10-20(13)22-2)15-7-9-17-16-5-3-4-6-18(16)21-19(17)12-15/h6,8,10-12,15,21H,3-5,7,9H2,1-2H3. The summed E-state index contributed by atoms with van der Waals surface area (Å²) in [4.78, 5) is 3.66. The van der Waals surface area contributed by atoms with E-state index < -0.39 is 0 Å². The molecule has 1 atom stereocenters. The second-order valence-corrected chi connectivity index (χ2v) is 6.55. The van der Waals surface area contributed by atoms with Crippen LogP contribution in [0.3, 0.4) is 0 Å². The van der Waals surface area contributed by atoms with E-state index in [1.54, 1.807) is 18.2 Å². The van der Waals surface area contributed by atoms with Crippen molar-refractivity contribution in [1.29, 1.82) is 0 Å². The molecule has 0 amide bonds. The van der Waals surface area contributed by atoms with E-state index in [4.69, 9.17) is 4.74 Å². The van der Waals surface area contributed by atoms with Gasteiger partial charge in [0.1, 0.15) is 5.75 Å². The van der Waals surface area contributed by atoms with E-state index in [1.807, 2.05) is 0 Å². The van der Waals surface area contributed by atoms with Gasteiger partial charge in [-0.3, -0.25) is 0 Å². The Morgan fingerprint density at radius 3 is 2.82 bits per heavy atom. The lowest BCUT2D eigenvalue weighted by molar-refractivity contribution is 0.411. The van der Waals surface area contributed by atoms with Crippen molar-refractivity contribution in [3.05, 3.63) is 51.2 Å². The average Bonchev–Trinajstić information content (AvgIpc) is 2.92. The SMILES string of the molecule is COc1ccc(C2C=c3[nH]c4c(c3CC2)CCCC=4)cc1C. The molecule has 0 saturated carbocycles. The maximum Gasteiger partial charge on any atom is 0.121 e. The van der Waals surface area contributed by atoms with Crippen LogP contribution in [0.4, 0.5) is 0 Å². The van der Waals surface area contributed by atoms with Crippen molar-refractivity contribution in [3.8, 4) is 5.75 Å². The van der Waals surface area contributed by atoms with Gasteiger partial charge in [0, 0.05) is 16.6 Å². The van der Waals surface area contributed by atoms with Crippen LogP contribution in [0.5, 0.6) is 5.75 Å². The Morgan fingerprint density at radius 2 is 2.00 bits per heavy atom. The summed E-state index contributed by atoms with van der Waals surface area (Å²) in [5, 5.41) is 2.76. The molecule has 4 rings (SSSR count). The van der Waals surface area contributed by atoms with Gasteiger partial charge in [-0.1, -0.05) is 24.3 Å². The largest absolute Gasteiger partial charge is 0.496 e. The molecule has 1 unspecified atom stereocenters. The zero-order chi connectivity index (χ0) is 15.1. The molecular weight excluding hydrogens is 270 g/mol. The van der Waals surface area contributed by atoms with Crippen molar-refractivity contribution < 1.29 is 4.74 Å². The molecule has 0 spiro atoms. The third-order valence-electron chi connectivity index (χ3n) is 5.18. The number of aromatic amines is 1. The minimum Gasteiger partial charge on any atom is -0.496 e. The van der Waals surface area contributed by atoms with Gasteiger partial charge in [0.05, 0.1) is 7.11 Å². The topological polar surface area (TPSA) is 25.0 Å². The van der Waals surface area contributed by atoms with E-state index in [2.05, 4.69) is 42.3 Å². The van der Waals surface area contributed by atoms with E-state index in [0.29, 0.717) is 5.92 Å². The number of aromatic nitrogens is 1. The third kappa shape index (κ3) is 2.18. The van der Waals surface area contributed by atoms with Crippen molar-refractivity contribution in [2.45, 2.75) is 44.9 Å². The first kappa shape index (κ1) is 13.7. The van der Waals surface area contributed by atoms with Crippen LogP contribution in [-0.2, 0) is 12.8 Å². The summed E-state index contributed by atoms with van der Waals surface area (Å²) in [6.45, 7) is 2.12. The monoisotopic (exact) mass is 293 g/mol. The minimum absolute atomic E-state index is 0.511. The molecule has 1 heterocycles. The molecule has 0 radical (unpaired) electrons. The minimum atomic E-state index is 0.511. The summed E-state index contributed by atoms with van der Waals surface area (Å²) in [6, 6.07) is 6.59. The number of benzene rings is 1. The molecule has 0 fully saturated rings. The maximum atomic E-state index is 5.38. The highest BCUT2D eigenvalue weighted by Crippen LogP contribution is 2.30. The van der Waals surface area contributed by atoms with Gasteiger partial charge in [0.2, 0.25) is 0 Å². The van der Waals surface area contributed by atoms with Gasteiger partial charge < -0.3 is 9.72 Å². The molecular formula is C20H23NO. The quantitative estimate of drug-likeness (QED) is 0.905. The predicted octanol–water partition coefficient (Wildman–Crippen LogP) is 2.96. The Labute approximate surface area is 131 Å². The smallest absolute Gasteiger partial charge is 0.121 e. The lowest BCUT2D eigenvalue weighted by Crippen LogP contribution is -2.18. The highest BCUT2D eigenvalue weighted by atomic mass is 16.5. The number of H-pyrrole nitrogens is 1. The Hall–Kier alpha value is -1.96. The van der Waals surface area contributed by atoms with Gasteiger partial charge in [-0.2, -0.15) is 0 Å². The number of aryl methyl sites for hydroxylation is 1. The molecule has 2 aliphatic carbocycles. The second kappa shape index (κ2) is 5.35. The fourth-order valence-corrected chi connectivity index (χ4v) is 4.01. The van der Waals surface area contributed by atoms with Crippen LogP contribution >= 0.6 is 0 Å². The molecule has 1 aromatic carbocycles. The van der Waals surface area contributed by atoms with Gasteiger partial charge in [0.15, 0.2) is 0 Å². The molecule has 0 aliphatic heterocycles. The maximum absolute atomic E-state index is 5.38. The Kier molecular flexibility index (Phi) is 3.33. The summed E-state index contributed by atoms with van der Waals surface area (Å²) < 4.78 is 5.38. The lowest BCUT2D eigenvalue weighted by atomic mass is 9.85. The first-order valence-corrected chi connectivity index (χ1v) is 8.32. The van der Waals surface area contributed by atoms with Crippen molar-refractivity contribution in [2.75, 3.05) is 7.11 Å². The zero-order valence-electron chi connectivity index (χ0n) is 13.4. The molecule has 1 aromatic heterocycles. The molecule has 0 bridgehead atoms. The lowest BCUT2D eigenvalue weighted by Gasteiger charge is -2.19. The van der Waals surface area contributed by atoms with Crippen molar-refractivity contribution in [3.63, 3.8) is 0 Å². The van der Waals surface area contributed by atoms with E-state index in [-0.39, 0.29) is 0 Å². The summed E-state index contributed by atoms with van der Waals surface area (Å²) in [5.41, 5.74) is 5.79. The van der Waals surface area contributed by atoms with Crippen LogP contribution in [0.25, 0.3) is 12.2 Å². The number of nitrogens with one attached hydrogen (secondary N) is 1. The van der Waals surface area contributed by atoms with Crippen molar-refractivity contribution >= 4 is 12.2 Å². The van der Waals surface area contributed by atoms with Crippen LogP contribution in [0.15, 0.2) is 18.2 Å². The fourth-order valence-electron chi connectivity index (χ4n) is 4.01. The third-order valence-corrected chi connectivity index (χ3v) is 5.18. The van der Waals surface area contributed by atoms with Crippen molar-refractivity contribution in [2.24, 2.45) is 0 Å². The molecule has 114 valence electrons. The van der Waals surface area contributed by atoms with Crippen LogP contribution in [-0.4, -0.2) is 12.1 Å². The number of ether oxygens (including phenoxy) is 1. The number of rotatable bonds is 2. The summed E-state index contributed by atoms with van der Waals surface area (Å²) in [7, 11) is 1.74. The first-order valence-electron chi connectivity index (χ1n) is 8.32. The molecule has 2 nitrogen and oxygen atoms in total. The summed E-state index contributed by atoms with van der Waals surface area (Å²) in [6.07, 6.45) is 11.0. The van der Waals surface area contributed by atoms with Gasteiger partial charge in [-0.25, -0.2) is 0 Å². The predicted molar refractivity (Wildman–Crippen MR) is 90.7 cm³/mol. The van der Waals surface area contributed by atoms with Crippen LogP contribution in [0.1, 0.15) is 47.4 Å². The zero-order valence-corrected chi connectivity index (χ0v) is 13.4.